The lowest BCUT2D eigenvalue weighted by molar-refractivity contribution is 0.597. The quantitative estimate of drug-likeness (QED) is 0.557. The van der Waals surface area contributed by atoms with Crippen LogP contribution in [0.3, 0.4) is 0 Å². The number of nitrogens with zero attached hydrogens (tertiary/aromatic N) is 2. The van der Waals surface area contributed by atoms with Crippen molar-refractivity contribution in [3.05, 3.63) is 35.9 Å². The maximum absolute atomic E-state index is 11.1. The summed E-state index contributed by atoms with van der Waals surface area (Å²) >= 11 is 0. The van der Waals surface area contributed by atoms with Crippen molar-refractivity contribution in [2.24, 2.45) is 4.40 Å². The van der Waals surface area contributed by atoms with E-state index in [-0.39, 0.29) is 0 Å². The molecule has 0 saturated carbocycles. The van der Waals surface area contributed by atoms with Crippen LogP contribution < -0.4 is 0 Å². The molecule has 1 rings (SSSR count). The summed E-state index contributed by atoms with van der Waals surface area (Å²) in [4.78, 5) is 1.68. The molecule has 0 atom stereocenters. The van der Waals surface area contributed by atoms with Gasteiger partial charge in [0, 0.05) is 19.7 Å². The lowest BCUT2D eigenvalue weighted by atomic mass is 10.2. The van der Waals surface area contributed by atoms with E-state index in [0.717, 1.165) is 11.8 Å². The Morgan fingerprint density at radius 2 is 1.73 bits per heavy atom. The Hall–Kier alpha value is -1.36. The van der Waals surface area contributed by atoms with Gasteiger partial charge in [-0.05, 0) is 0 Å². The zero-order valence-electron chi connectivity index (χ0n) is 9.01. The Morgan fingerprint density at radius 1 is 1.20 bits per heavy atom. The van der Waals surface area contributed by atoms with Crippen molar-refractivity contribution < 1.29 is 8.42 Å². The molecule has 0 amide bonds. The summed E-state index contributed by atoms with van der Waals surface area (Å²) in [6, 6.07) is 9.21. The fraction of sp³-hybridized carbons (Fsp3) is 0.300. The van der Waals surface area contributed by atoms with Crippen LogP contribution >= 0.6 is 0 Å². The van der Waals surface area contributed by atoms with Gasteiger partial charge >= 0.3 is 0 Å². The summed E-state index contributed by atoms with van der Waals surface area (Å²) in [5.41, 5.74) is 0.785. The molecular formula is C10H14N2O2S. The summed E-state index contributed by atoms with van der Waals surface area (Å²) in [5, 5.41) is 0. The molecule has 82 valence electrons. The molecule has 0 unspecified atom stereocenters. The van der Waals surface area contributed by atoms with Gasteiger partial charge in [-0.15, -0.1) is 4.40 Å². The standard InChI is InChI=1S/C10H14N2O2S/c1-12(2)10(11-15(3,13)14)9-7-5-4-6-8-9/h4-8H,1-3H3. The van der Waals surface area contributed by atoms with Crippen LogP contribution in [-0.4, -0.2) is 39.5 Å². The number of benzene rings is 1. The Morgan fingerprint density at radius 3 is 2.13 bits per heavy atom. The highest BCUT2D eigenvalue weighted by Crippen LogP contribution is 2.05. The number of sulfonamides is 1. The summed E-state index contributed by atoms with van der Waals surface area (Å²) in [7, 11) is 0.152. The topological polar surface area (TPSA) is 49.7 Å². The lowest BCUT2D eigenvalue weighted by Crippen LogP contribution is -2.24. The molecule has 1 aromatic carbocycles. The lowest BCUT2D eigenvalue weighted by Gasteiger charge is -2.15. The zero-order valence-corrected chi connectivity index (χ0v) is 9.82. The molecule has 0 aliphatic rings. The van der Waals surface area contributed by atoms with Crippen molar-refractivity contribution in [1.82, 2.24) is 4.90 Å². The molecule has 1 aromatic rings. The van der Waals surface area contributed by atoms with E-state index in [1.54, 1.807) is 19.0 Å². The predicted molar refractivity (Wildman–Crippen MR) is 61.5 cm³/mol. The van der Waals surface area contributed by atoms with E-state index in [9.17, 15) is 8.42 Å². The average molecular weight is 226 g/mol. The van der Waals surface area contributed by atoms with Crippen LogP contribution in [0, 0.1) is 0 Å². The number of rotatable bonds is 2. The van der Waals surface area contributed by atoms with Gasteiger partial charge in [-0.3, -0.25) is 0 Å². The van der Waals surface area contributed by atoms with Gasteiger partial charge in [0.15, 0.2) is 0 Å². The third kappa shape index (κ3) is 3.71. The van der Waals surface area contributed by atoms with Crippen LogP contribution in [0.15, 0.2) is 34.7 Å². The summed E-state index contributed by atoms with van der Waals surface area (Å²) < 4.78 is 25.9. The molecule has 0 fully saturated rings. The van der Waals surface area contributed by atoms with Crippen molar-refractivity contribution in [3.8, 4) is 0 Å². The molecule has 0 radical (unpaired) electrons. The highest BCUT2D eigenvalue weighted by atomic mass is 32.2. The fourth-order valence-electron chi connectivity index (χ4n) is 1.14. The van der Waals surface area contributed by atoms with Gasteiger partial charge in [0.1, 0.15) is 5.84 Å². The maximum Gasteiger partial charge on any atom is 0.252 e. The van der Waals surface area contributed by atoms with Crippen molar-refractivity contribution in [2.75, 3.05) is 20.4 Å². The monoisotopic (exact) mass is 226 g/mol. The van der Waals surface area contributed by atoms with Crippen molar-refractivity contribution in [2.45, 2.75) is 0 Å². The molecule has 4 nitrogen and oxygen atoms in total. The molecule has 0 heterocycles. The van der Waals surface area contributed by atoms with Crippen LogP contribution in [0.1, 0.15) is 5.56 Å². The SMILES string of the molecule is CN(C)C(=NS(C)(=O)=O)c1ccccc1. The summed E-state index contributed by atoms with van der Waals surface area (Å²) in [6.07, 6.45) is 1.08. The van der Waals surface area contributed by atoms with E-state index in [2.05, 4.69) is 4.40 Å². The smallest absolute Gasteiger partial charge is 0.252 e. The van der Waals surface area contributed by atoms with E-state index in [1.165, 1.54) is 0 Å². The minimum Gasteiger partial charge on any atom is -0.362 e. The average Bonchev–Trinajstić information content (AvgIpc) is 2.14. The van der Waals surface area contributed by atoms with Crippen LogP contribution in [0.5, 0.6) is 0 Å². The first-order valence-corrected chi connectivity index (χ1v) is 6.27. The van der Waals surface area contributed by atoms with Gasteiger partial charge in [0.2, 0.25) is 0 Å². The predicted octanol–water partition coefficient (Wildman–Crippen LogP) is 0.954. The largest absolute Gasteiger partial charge is 0.362 e. The molecule has 15 heavy (non-hydrogen) atoms. The van der Waals surface area contributed by atoms with E-state index in [4.69, 9.17) is 0 Å². The van der Waals surface area contributed by atoms with E-state index in [1.807, 2.05) is 30.3 Å². The molecule has 0 spiro atoms. The van der Waals surface area contributed by atoms with Crippen molar-refractivity contribution >= 4 is 15.9 Å². The van der Waals surface area contributed by atoms with Gasteiger partial charge in [-0.2, -0.15) is 0 Å². The Balaban J connectivity index is 3.22. The number of hydrogen-bond donors (Lipinski definition) is 0. The second-order valence-electron chi connectivity index (χ2n) is 3.41. The highest BCUT2D eigenvalue weighted by Gasteiger charge is 2.08. The highest BCUT2D eigenvalue weighted by molar-refractivity contribution is 7.89. The van der Waals surface area contributed by atoms with Gasteiger partial charge in [0.05, 0.1) is 6.26 Å². The molecule has 0 aliphatic carbocycles. The first-order valence-electron chi connectivity index (χ1n) is 4.43. The van der Waals surface area contributed by atoms with Crippen LogP contribution in [0.4, 0.5) is 0 Å². The first kappa shape index (κ1) is 11.7. The minimum absolute atomic E-state index is 0.443. The molecule has 0 aliphatic heterocycles. The van der Waals surface area contributed by atoms with Crippen molar-refractivity contribution in [3.63, 3.8) is 0 Å². The van der Waals surface area contributed by atoms with Crippen molar-refractivity contribution in [1.29, 1.82) is 0 Å². The number of amidine groups is 1. The normalized spacial score (nSPS) is 12.6. The molecule has 0 N–H and O–H groups in total. The van der Waals surface area contributed by atoms with Crippen LogP contribution in [0.2, 0.25) is 0 Å². The molecule has 0 aromatic heterocycles. The number of hydrogen-bond acceptors (Lipinski definition) is 2. The molecule has 0 bridgehead atoms. The first-order chi connectivity index (χ1) is 6.90. The molecule has 5 heteroatoms. The second-order valence-corrected chi connectivity index (χ2v) is 5.06. The third-order valence-electron chi connectivity index (χ3n) is 1.71. The molecule has 0 saturated heterocycles. The zero-order chi connectivity index (χ0) is 11.5. The fourth-order valence-corrected chi connectivity index (χ4v) is 1.72. The maximum atomic E-state index is 11.1. The van der Waals surface area contributed by atoms with E-state index in [0.29, 0.717) is 5.84 Å². The Labute approximate surface area is 90.3 Å². The summed E-state index contributed by atoms with van der Waals surface area (Å²) in [6.45, 7) is 0. The van der Waals surface area contributed by atoms with Gasteiger partial charge < -0.3 is 4.90 Å². The Kier molecular flexibility index (Phi) is 3.47. The van der Waals surface area contributed by atoms with Gasteiger partial charge in [0.25, 0.3) is 10.0 Å². The van der Waals surface area contributed by atoms with E-state index >= 15 is 0 Å². The minimum atomic E-state index is -3.37. The molecular weight excluding hydrogens is 212 g/mol. The van der Waals surface area contributed by atoms with Crippen LogP contribution in [0.25, 0.3) is 0 Å². The third-order valence-corrected chi connectivity index (χ3v) is 2.21. The summed E-state index contributed by atoms with van der Waals surface area (Å²) in [5.74, 6) is 0.443. The van der Waals surface area contributed by atoms with Crippen LogP contribution in [-0.2, 0) is 10.0 Å². The van der Waals surface area contributed by atoms with E-state index < -0.39 is 10.0 Å². The van der Waals surface area contributed by atoms with Gasteiger partial charge in [-0.1, -0.05) is 30.3 Å². The van der Waals surface area contributed by atoms with Gasteiger partial charge in [-0.25, -0.2) is 8.42 Å². The Bertz CT molecular complexity index is 450. The second kappa shape index (κ2) is 4.44.